The lowest BCUT2D eigenvalue weighted by molar-refractivity contribution is 0.181. The van der Waals surface area contributed by atoms with Gasteiger partial charge in [-0.2, -0.15) is 5.10 Å². The molecule has 1 atom stereocenters. The zero-order valence-electron chi connectivity index (χ0n) is 7.53. The highest BCUT2D eigenvalue weighted by Crippen LogP contribution is 2.08. The number of methoxy groups -OCH3 is 1. The zero-order chi connectivity index (χ0) is 8.97. The molecule has 0 amide bonds. The maximum atomic E-state index is 5.80. The van der Waals surface area contributed by atoms with Crippen LogP contribution in [0.1, 0.15) is 18.5 Å². The van der Waals surface area contributed by atoms with E-state index in [4.69, 9.17) is 10.5 Å². The van der Waals surface area contributed by atoms with E-state index in [0.717, 1.165) is 12.1 Å². The summed E-state index contributed by atoms with van der Waals surface area (Å²) in [6, 6.07) is -0.0599. The van der Waals surface area contributed by atoms with Crippen LogP contribution >= 0.6 is 0 Å². The number of nitrogens with zero attached hydrogens (tertiary/aromatic N) is 2. The van der Waals surface area contributed by atoms with E-state index in [-0.39, 0.29) is 6.04 Å². The van der Waals surface area contributed by atoms with Crippen molar-refractivity contribution in [3.05, 3.63) is 18.0 Å². The van der Waals surface area contributed by atoms with Crippen LogP contribution < -0.4 is 5.73 Å². The molecule has 0 aliphatic carbocycles. The molecule has 1 heterocycles. The number of rotatable bonds is 4. The minimum atomic E-state index is -0.0599. The van der Waals surface area contributed by atoms with Crippen LogP contribution in [0.2, 0.25) is 0 Å². The molecule has 0 saturated carbocycles. The van der Waals surface area contributed by atoms with Gasteiger partial charge in [0.15, 0.2) is 0 Å². The van der Waals surface area contributed by atoms with Gasteiger partial charge in [0.1, 0.15) is 0 Å². The molecule has 0 aromatic carbocycles. The quantitative estimate of drug-likeness (QED) is 0.716. The third-order valence-corrected chi connectivity index (χ3v) is 1.75. The second-order valence-electron chi connectivity index (χ2n) is 2.69. The molecule has 0 aliphatic heterocycles. The number of ether oxygens (including phenoxy) is 1. The van der Waals surface area contributed by atoms with E-state index in [1.807, 2.05) is 17.8 Å². The van der Waals surface area contributed by atoms with Crippen LogP contribution in [0.3, 0.4) is 0 Å². The molecular weight excluding hydrogens is 154 g/mol. The number of aryl methyl sites for hydroxylation is 1. The van der Waals surface area contributed by atoms with Gasteiger partial charge >= 0.3 is 0 Å². The Morgan fingerprint density at radius 1 is 1.75 bits per heavy atom. The van der Waals surface area contributed by atoms with Gasteiger partial charge in [-0.1, -0.05) is 0 Å². The van der Waals surface area contributed by atoms with Crippen molar-refractivity contribution in [2.24, 2.45) is 5.73 Å². The maximum Gasteiger partial charge on any atom is 0.0656 e. The summed E-state index contributed by atoms with van der Waals surface area (Å²) in [5, 5.41) is 4.12. The highest BCUT2D eigenvalue weighted by molar-refractivity contribution is 5.09. The lowest BCUT2D eigenvalue weighted by atomic mass is 10.2. The first-order valence-electron chi connectivity index (χ1n) is 4.04. The van der Waals surface area contributed by atoms with E-state index in [9.17, 15) is 0 Å². The van der Waals surface area contributed by atoms with E-state index in [0.29, 0.717) is 6.61 Å². The van der Waals surface area contributed by atoms with Crippen molar-refractivity contribution >= 4 is 0 Å². The van der Waals surface area contributed by atoms with E-state index in [1.165, 1.54) is 0 Å². The normalized spacial score (nSPS) is 13.2. The van der Waals surface area contributed by atoms with E-state index < -0.39 is 0 Å². The minimum Gasteiger partial charge on any atom is -0.383 e. The van der Waals surface area contributed by atoms with Gasteiger partial charge in [-0.25, -0.2) is 0 Å². The molecule has 4 nitrogen and oxygen atoms in total. The predicted octanol–water partition coefficient (Wildman–Crippen LogP) is 0.549. The Kier molecular flexibility index (Phi) is 3.25. The van der Waals surface area contributed by atoms with Gasteiger partial charge in [-0.3, -0.25) is 4.68 Å². The van der Waals surface area contributed by atoms with Crippen LogP contribution in [-0.2, 0) is 11.3 Å². The topological polar surface area (TPSA) is 53.1 Å². The van der Waals surface area contributed by atoms with Crippen LogP contribution in [0, 0.1) is 0 Å². The number of hydrogen-bond acceptors (Lipinski definition) is 3. The molecule has 0 fully saturated rings. The van der Waals surface area contributed by atoms with Crippen LogP contribution in [0.4, 0.5) is 0 Å². The van der Waals surface area contributed by atoms with Crippen molar-refractivity contribution in [2.45, 2.75) is 19.5 Å². The predicted molar refractivity (Wildman–Crippen MR) is 46.7 cm³/mol. The standard InChI is InChI=1S/C8H15N3O/c1-3-11-5-7(4-10-11)8(9)6-12-2/h4-5,8H,3,6,9H2,1-2H3. The lowest BCUT2D eigenvalue weighted by Gasteiger charge is -2.06. The summed E-state index contributed by atoms with van der Waals surface area (Å²) in [6.07, 6.45) is 3.73. The Hall–Kier alpha value is -0.870. The maximum absolute atomic E-state index is 5.80. The first-order chi connectivity index (χ1) is 5.77. The molecule has 2 N–H and O–H groups in total. The van der Waals surface area contributed by atoms with Crippen molar-refractivity contribution in [3.63, 3.8) is 0 Å². The van der Waals surface area contributed by atoms with Gasteiger partial charge in [0.25, 0.3) is 0 Å². The average Bonchev–Trinajstić information content (AvgIpc) is 2.52. The largest absolute Gasteiger partial charge is 0.383 e. The van der Waals surface area contributed by atoms with E-state index in [2.05, 4.69) is 5.10 Å². The van der Waals surface area contributed by atoms with Crippen LogP contribution in [0.25, 0.3) is 0 Å². The van der Waals surface area contributed by atoms with Crippen molar-refractivity contribution in [1.29, 1.82) is 0 Å². The molecule has 0 bridgehead atoms. The Balaban J connectivity index is 2.61. The van der Waals surface area contributed by atoms with E-state index in [1.54, 1.807) is 13.3 Å². The molecule has 1 unspecified atom stereocenters. The number of nitrogens with two attached hydrogens (primary N) is 1. The van der Waals surface area contributed by atoms with Gasteiger partial charge in [-0.05, 0) is 6.92 Å². The molecule has 1 rings (SSSR count). The lowest BCUT2D eigenvalue weighted by Crippen LogP contribution is -2.15. The molecular formula is C8H15N3O. The Labute approximate surface area is 72.3 Å². The van der Waals surface area contributed by atoms with Gasteiger partial charge < -0.3 is 10.5 Å². The van der Waals surface area contributed by atoms with Crippen molar-refractivity contribution < 1.29 is 4.74 Å². The Bertz CT molecular complexity index is 234. The fraction of sp³-hybridized carbons (Fsp3) is 0.625. The molecule has 1 aromatic rings. The molecule has 12 heavy (non-hydrogen) atoms. The van der Waals surface area contributed by atoms with Crippen molar-refractivity contribution in [3.8, 4) is 0 Å². The number of hydrogen-bond donors (Lipinski definition) is 1. The summed E-state index contributed by atoms with van der Waals surface area (Å²) in [5.74, 6) is 0. The van der Waals surface area contributed by atoms with Gasteiger partial charge in [-0.15, -0.1) is 0 Å². The molecule has 68 valence electrons. The average molecular weight is 169 g/mol. The molecule has 4 heteroatoms. The van der Waals surface area contributed by atoms with Gasteiger partial charge in [0.2, 0.25) is 0 Å². The fourth-order valence-corrected chi connectivity index (χ4v) is 1.02. The Morgan fingerprint density at radius 3 is 3.00 bits per heavy atom. The van der Waals surface area contributed by atoms with Crippen molar-refractivity contribution in [2.75, 3.05) is 13.7 Å². The molecule has 0 radical (unpaired) electrons. The molecule has 0 saturated heterocycles. The zero-order valence-corrected chi connectivity index (χ0v) is 7.53. The fourth-order valence-electron chi connectivity index (χ4n) is 1.02. The Morgan fingerprint density at radius 2 is 2.50 bits per heavy atom. The summed E-state index contributed by atoms with van der Waals surface area (Å²) in [7, 11) is 1.64. The van der Waals surface area contributed by atoms with Crippen molar-refractivity contribution in [1.82, 2.24) is 9.78 Å². The molecule has 1 aromatic heterocycles. The summed E-state index contributed by atoms with van der Waals surface area (Å²) in [4.78, 5) is 0. The van der Waals surface area contributed by atoms with E-state index >= 15 is 0 Å². The third kappa shape index (κ3) is 2.06. The smallest absolute Gasteiger partial charge is 0.0656 e. The second-order valence-corrected chi connectivity index (χ2v) is 2.69. The third-order valence-electron chi connectivity index (χ3n) is 1.75. The van der Waals surface area contributed by atoms with Gasteiger partial charge in [0.05, 0.1) is 18.8 Å². The summed E-state index contributed by atoms with van der Waals surface area (Å²) < 4.78 is 6.79. The first-order valence-corrected chi connectivity index (χ1v) is 4.04. The summed E-state index contributed by atoms with van der Waals surface area (Å²) in [5.41, 5.74) is 6.82. The second kappa shape index (κ2) is 4.23. The summed E-state index contributed by atoms with van der Waals surface area (Å²) in [6.45, 7) is 3.45. The van der Waals surface area contributed by atoms with Gasteiger partial charge in [0, 0.05) is 25.4 Å². The molecule has 0 aliphatic rings. The SMILES string of the molecule is CCn1cc(C(N)COC)cn1. The highest BCUT2D eigenvalue weighted by Gasteiger charge is 2.06. The summed E-state index contributed by atoms with van der Waals surface area (Å²) >= 11 is 0. The number of aromatic nitrogens is 2. The van der Waals surface area contributed by atoms with Crippen LogP contribution in [0.5, 0.6) is 0 Å². The highest BCUT2D eigenvalue weighted by atomic mass is 16.5. The van der Waals surface area contributed by atoms with Crippen LogP contribution in [0.15, 0.2) is 12.4 Å². The molecule has 0 spiro atoms. The monoisotopic (exact) mass is 169 g/mol. The first kappa shape index (κ1) is 9.22. The minimum absolute atomic E-state index is 0.0599. The van der Waals surface area contributed by atoms with Crippen LogP contribution in [-0.4, -0.2) is 23.5 Å².